The first-order valence-electron chi connectivity index (χ1n) is 3.82. The van der Waals surface area contributed by atoms with Crippen molar-refractivity contribution >= 4 is 17.3 Å². The lowest BCUT2D eigenvalue weighted by atomic mass is 10.3. The van der Waals surface area contributed by atoms with Crippen LogP contribution in [-0.2, 0) is 16.0 Å². The van der Waals surface area contributed by atoms with E-state index in [-0.39, 0.29) is 12.5 Å². The largest absolute Gasteiger partial charge is 0.481 e. The van der Waals surface area contributed by atoms with Crippen molar-refractivity contribution in [3.63, 3.8) is 0 Å². The number of hydrogen-bond acceptors (Lipinski definition) is 4. The Balaban J connectivity index is 2.68. The molecule has 0 aliphatic carbocycles. The zero-order valence-electron chi connectivity index (χ0n) is 7.48. The van der Waals surface area contributed by atoms with Gasteiger partial charge in [0.2, 0.25) is 0 Å². The molecule has 1 rings (SSSR count). The fraction of sp³-hybridized carbons (Fsp3) is 0.500. The lowest BCUT2D eigenvalue weighted by Crippen LogP contribution is -2.01. The van der Waals surface area contributed by atoms with E-state index in [0.29, 0.717) is 5.69 Å². The summed E-state index contributed by atoms with van der Waals surface area (Å²) in [7, 11) is 1.60. The smallest absolute Gasteiger partial charge is 0.309 e. The van der Waals surface area contributed by atoms with Crippen LogP contribution in [0.1, 0.15) is 23.7 Å². The molecule has 0 radical (unpaired) electrons. The second-order valence-electron chi connectivity index (χ2n) is 2.63. The molecular weight excluding hydrogens is 190 g/mol. The molecule has 0 aromatic carbocycles. The molecule has 1 aromatic heterocycles. The maximum absolute atomic E-state index is 10.4. The molecule has 1 N–H and O–H groups in total. The van der Waals surface area contributed by atoms with Crippen LogP contribution in [0, 0.1) is 0 Å². The number of methoxy groups -OCH3 is 1. The molecule has 0 fully saturated rings. The van der Waals surface area contributed by atoms with Crippen molar-refractivity contribution in [2.75, 3.05) is 7.11 Å². The number of aliphatic carboxylic acids is 1. The van der Waals surface area contributed by atoms with Crippen molar-refractivity contribution in [2.45, 2.75) is 19.4 Å². The summed E-state index contributed by atoms with van der Waals surface area (Å²) in [5, 5.41) is 11.1. The minimum atomic E-state index is -0.859. The van der Waals surface area contributed by atoms with Crippen LogP contribution in [0.3, 0.4) is 0 Å². The Morgan fingerprint density at radius 3 is 3.08 bits per heavy atom. The van der Waals surface area contributed by atoms with Crippen molar-refractivity contribution in [3.8, 4) is 0 Å². The molecule has 0 amide bonds. The minimum absolute atomic E-state index is 0.0209. The van der Waals surface area contributed by atoms with Gasteiger partial charge in [0, 0.05) is 12.5 Å². The predicted octanol–water partition coefficient (Wildman–Crippen LogP) is 1.48. The summed E-state index contributed by atoms with van der Waals surface area (Å²) in [4.78, 5) is 14.5. The highest BCUT2D eigenvalue weighted by atomic mass is 32.1. The summed E-state index contributed by atoms with van der Waals surface area (Å²) in [5.41, 5.74) is 0.594. The molecule has 0 aliphatic rings. The Labute approximate surface area is 80.2 Å². The van der Waals surface area contributed by atoms with E-state index in [9.17, 15) is 4.79 Å². The number of carboxylic acid groups (broad SMARTS) is 1. The number of nitrogens with zero attached hydrogens (tertiary/aromatic N) is 1. The Hall–Kier alpha value is -0.940. The van der Waals surface area contributed by atoms with Gasteiger partial charge in [-0.05, 0) is 6.92 Å². The number of ether oxygens (including phenoxy) is 1. The van der Waals surface area contributed by atoms with Gasteiger partial charge >= 0.3 is 5.97 Å². The highest BCUT2D eigenvalue weighted by molar-refractivity contribution is 7.09. The summed E-state index contributed by atoms with van der Waals surface area (Å²) < 4.78 is 5.06. The Morgan fingerprint density at radius 2 is 2.54 bits per heavy atom. The molecule has 72 valence electrons. The first kappa shape index (κ1) is 10.1. The minimum Gasteiger partial charge on any atom is -0.481 e. The molecule has 0 bridgehead atoms. The highest BCUT2D eigenvalue weighted by Gasteiger charge is 2.10. The molecule has 1 atom stereocenters. The molecule has 0 saturated heterocycles. The van der Waals surface area contributed by atoms with Crippen molar-refractivity contribution < 1.29 is 14.6 Å². The molecule has 1 aromatic rings. The number of rotatable bonds is 4. The molecule has 13 heavy (non-hydrogen) atoms. The second-order valence-corrected chi connectivity index (χ2v) is 3.52. The van der Waals surface area contributed by atoms with Gasteiger partial charge in [-0.2, -0.15) is 0 Å². The Bertz CT molecular complexity index is 297. The van der Waals surface area contributed by atoms with Crippen molar-refractivity contribution in [1.29, 1.82) is 0 Å². The summed E-state index contributed by atoms with van der Waals surface area (Å²) in [6, 6.07) is 0. The topological polar surface area (TPSA) is 59.4 Å². The van der Waals surface area contributed by atoms with Crippen molar-refractivity contribution in [3.05, 3.63) is 16.1 Å². The molecular formula is C8H11NO3S. The SMILES string of the molecule is COC(C)c1nc(CC(=O)O)cs1. The van der Waals surface area contributed by atoms with E-state index >= 15 is 0 Å². The molecule has 0 aliphatic heterocycles. The fourth-order valence-corrected chi connectivity index (χ4v) is 1.70. The van der Waals surface area contributed by atoms with Gasteiger partial charge in [-0.15, -0.1) is 11.3 Å². The van der Waals surface area contributed by atoms with Crippen LogP contribution in [0.25, 0.3) is 0 Å². The Morgan fingerprint density at radius 1 is 1.85 bits per heavy atom. The van der Waals surface area contributed by atoms with E-state index in [1.165, 1.54) is 11.3 Å². The molecule has 1 heterocycles. The van der Waals surface area contributed by atoms with E-state index in [1.54, 1.807) is 12.5 Å². The zero-order chi connectivity index (χ0) is 9.84. The highest BCUT2D eigenvalue weighted by Crippen LogP contribution is 2.20. The van der Waals surface area contributed by atoms with Crippen LogP contribution in [0.2, 0.25) is 0 Å². The predicted molar refractivity (Wildman–Crippen MR) is 48.9 cm³/mol. The standard InChI is InChI=1S/C8H11NO3S/c1-5(12-2)8-9-6(4-13-8)3-7(10)11/h4-5H,3H2,1-2H3,(H,10,11). The van der Waals surface area contributed by atoms with E-state index in [0.717, 1.165) is 5.01 Å². The van der Waals surface area contributed by atoms with Crippen LogP contribution < -0.4 is 0 Å². The Kier molecular flexibility index (Phi) is 3.39. The lowest BCUT2D eigenvalue weighted by Gasteiger charge is -2.03. The van der Waals surface area contributed by atoms with Crippen molar-refractivity contribution in [1.82, 2.24) is 4.98 Å². The number of thiazole rings is 1. The quantitative estimate of drug-likeness (QED) is 0.801. The van der Waals surface area contributed by atoms with Crippen LogP contribution >= 0.6 is 11.3 Å². The first-order valence-corrected chi connectivity index (χ1v) is 4.70. The lowest BCUT2D eigenvalue weighted by molar-refractivity contribution is -0.136. The van der Waals surface area contributed by atoms with Crippen molar-refractivity contribution in [2.24, 2.45) is 0 Å². The molecule has 1 unspecified atom stereocenters. The van der Waals surface area contributed by atoms with Crippen LogP contribution in [0.5, 0.6) is 0 Å². The van der Waals surface area contributed by atoms with Gasteiger partial charge in [0.15, 0.2) is 0 Å². The van der Waals surface area contributed by atoms with E-state index in [2.05, 4.69) is 4.98 Å². The van der Waals surface area contributed by atoms with Gasteiger partial charge in [-0.1, -0.05) is 0 Å². The maximum Gasteiger partial charge on any atom is 0.309 e. The summed E-state index contributed by atoms with van der Waals surface area (Å²) in [5.74, 6) is -0.859. The molecule has 0 saturated carbocycles. The van der Waals surface area contributed by atoms with Crippen LogP contribution in [0.15, 0.2) is 5.38 Å². The fourth-order valence-electron chi connectivity index (χ4n) is 0.846. The van der Waals surface area contributed by atoms with Crippen LogP contribution in [0.4, 0.5) is 0 Å². The summed E-state index contributed by atoms with van der Waals surface area (Å²) >= 11 is 1.42. The number of aromatic nitrogens is 1. The third-order valence-electron chi connectivity index (χ3n) is 1.60. The number of carboxylic acids is 1. The normalized spacial score (nSPS) is 12.8. The number of hydrogen-bond donors (Lipinski definition) is 1. The van der Waals surface area contributed by atoms with Gasteiger partial charge in [-0.25, -0.2) is 4.98 Å². The monoisotopic (exact) mass is 201 g/mol. The summed E-state index contributed by atoms with van der Waals surface area (Å²) in [6.45, 7) is 1.88. The average molecular weight is 201 g/mol. The molecule has 0 spiro atoms. The van der Waals surface area contributed by atoms with Gasteiger partial charge in [-0.3, -0.25) is 4.79 Å². The van der Waals surface area contributed by atoms with E-state index in [4.69, 9.17) is 9.84 Å². The molecule has 4 nitrogen and oxygen atoms in total. The van der Waals surface area contributed by atoms with Gasteiger partial charge < -0.3 is 9.84 Å². The zero-order valence-corrected chi connectivity index (χ0v) is 8.30. The van der Waals surface area contributed by atoms with Gasteiger partial charge in [0.1, 0.15) is 11.1 Å². The van der Waals surface area contributed by atoms with Gasteiger partial charge in [0.25, 0.3) is 0 Å². The maximum atomic E-state index is 10.4. The number of carbonyl (C=O) groups is 1. The van der Waals surface area contributed by atoms with Crippen LogP contribution in [-0.4, -0.2) is 23.2 Å². The molecule has 5 heteroatoms. The average Bonchev–Trinajstić information content (AvgIpc) is 2.50. The third kappa shape index (κ3) is 2.78. The van der Waals surface area contributed by atoms with Gasteiger partial charge in [0.05, 0.1) is 12.1 Å². The van der Waals surface area contributed by atoms with E-state index < -0.39 is 5.97 Å². The first-order chi connectivity index (χ1) is 6.13. The second kappa shape index (κ2) is 4.34. The summed E-state index contributed by atoms with van der Waals surface area (Å²) in [6.07, 6.45) is -0.0834. The van der Waals surface area contributed by atoms with E-state index in [1.807, 2.05) is 6.92 Å². The third-order valence-corrected chi connectivity index (χ3v) is 2.66.